The SMILES string of the molecule is CC1(C)OC2=CC=CC(=O)C2S1. The summed E-state index contributed by atoms with van der Waals surface area (Å²) in [6.07, 6.45) is 5.22. The average molecular weight is 182 g/mol. The van der Waals surface area contributed by atoms with E-state index in [4.69, 9.17) is 4.74 Å². The fourth-order valence-corrected chi connectivity index (χ4v) is 2.50. The molecule has 0 radical (unpaired) electrons. The Hall–Kier alpha value is -0.700. The first-order chi connectivity index (χ1) is 5.58. The number of ketones is 1. The minimum Gasteiger partial charge on any atom is -0.480 e. The number of carbonyl (C=O) groups excluding carboxylic acids is 1. The smallest absolute Gasteiger partial charge is 0.176 e. The van der Waals surface area contributed by atoms with Crippen LogP contribution >= 0.6 is 11.8 Å². The fraction of sp³-hybridized carbons (Fsp3) is 0.444. The molecular weight excluding hydrogens is 172 g/mol. The van der Waals surface area contributed by atoms with Gasteiger partial charge in [-0.3, -0.25) is 4.79 Å². The highest BCUT2D eigenvalue weighted by molar-refractivity contribution is 8.02. The zero-order valence-corrected chi connectivity index (χ0v) is 7.85. The van der Waals surface area contributed by atoms with E-state index in [1.807, 2.05) is 19.9 Å². The van der Waals surface area contributed by atoms with Gasteiger partial charge in [-0.15, -0.1) is 0 Å². The van der Waals surface area contributed by atoms with E-state index in [1.54, 1.807) is 23.9 Å². The molecular formula is C9H10O2S. The molecule has 2 nitrogen and oxygen atoms in total. The zero-order valence-electron chi connectivity index (χ0n) is 7.03. The summed E-state index contributed by atoms with van der Waals surface area (Å²) in [7, 11) is 0. The molecule has 1 aliphatic heterocycles. The first kappa shape index (κ1) is 7.92. The van der Waals surface area contributed by atoms with E-state index in [0.717, 1.165) is 5.76 Å². The molecule has 0 aromatic heterocycles. The number of hydrogen-bond acceptors (Lipinski definition) is 3. The van der Waals surface area contributed by atoms with E-state index >= 15 is 0 Å². The van der Waals surface area contributed by atoms with Gasteiger partial charge in [0.25, 0.3) is 0 Å². The summed E-state index contributed by atoms with van der Waals surface area (Å²) in [4.78, 5) is 11.1. The van der Waals surface area contributed by atoms with Gasteiger partial charge in [0.2, 0.25) is 0 Å². The van der Waals surface area contributed by atoms with Gasteiger partial charge in [-0.05, 0) is 26.0 Å². The summed E-state index contributed by atoms with van der Waals surface area (Å²) in [5.74, 6) is 0.945. The maximum absolute atomic E-state index is 11.3. The Labute approximate surface area is 75.7 Å². The maximum Gasteiger partial charge on any atom is 0.176 e. The second kappa shape index (κ2) is 2.39. The Morgan fingerprint density at radius 1 is 1.58 bits per heavy atom. The van der Waals surface area contributed by atoms with E-state index in [0.29, 0.717) is 0 Å². The van der Waals surface area contributed by atoms with Crippen molar-refractivity contribution in [1.82, 2.24) is 0 Å². The lowest BCUT2D eigenvalue weighted by atomic mass is 10.1. The van der Waals surface area contributed by atoms with Gasteiger partial charge in [0.15, 0.2) is 5.78 Å². The third kappa shape index (κ3) is 1.18. The molecule has 0 amide bonds. The van der Waals surface area contributed by atoms with Crippen LogP contribution < -0.4 is 0 Å². The lowest BCUT2D eigenvalue weighted by molar-refractivity contribution is -0.114. The molecule has 0 N–H and O–H groups in total. The molecule has 0 spiro atoms. The Morgan fingerprint density at radius 3 is 3.00 bits per heavy atom. The van der Waals surface area contributed by atoms with Gasteiger partial charge in [-0.25, -0.2) is 0 Å². The van der Waals surface area contributed by atoms with Gasteiger partial charge >= 0.3 is 0 Å². The summed E-state index contributed by atoms with van der Waals surface area (Å²) >= 11 is 1.57. The molecule has 0 aromatic carbocycles. The molecule has 1 atom stereocenters. The molecule has 64 valence electrons. The van der Waals surface area contributed by atoms with Crippen LogP contribution in [0, 0.1) is 0 Å². The lowest BCUT2D eigenvalue weighted by Crippen LogP contribution is -2.16. The fourth-order valence-electron chi connectivity index (χ4n) is 1.35. The predicted octanol–water partition coefficient (Wildman–Crippen LogP) is 1.88. The number of allylic oxidation sites excluding steroid dienone is 3. The molecule has 1 heterocycles. The number of fused-ring (bicyclic) bond motifs is 1. The minimum atomic E-state index is -0.252. The van der Waals surface area contributed by atoms with E-state index in [2.05, 4.69) is 0 Å². The van der Waals surface area contributed by atoms with Gasteiger partial charge in [0, 0.05) is 0 Å². The van der Waals surface area contributed by atoms with E-state index in [1.165, 1.54) is 0 Å². The molecule has 2 aliphatic rings. The third-order valence-electron chi connectivity index (χ3n) is 1.80. The summed E-state index contributed by atoms with van der Waals surface area (Å²) in [6.45, 7) is 3.95. The molecule has 1 fully saturated rings. The van der Waals surface area contributed by atoms with Gasteiger partial charge in [0.05, 0.1) is 0 Å². The van der Waals surface area contributed by atoms with Crippen molar-refractivity contribution in [3.05, 3.63) is 24.0 Å². The van der Waals surface area contributed by atoms with Crippen LogP contribution in [0.15, 0.2) is 24.0 Å². The van der Waals surface area contributed by atoms with Gasteiger partial charge in [-0.2, -0.15) is 0 Å². The largest absolute Gasteiger partial charge is 0.480 e. The molecule has 1 unspecified atom stereocenters. The molecule has 3 heteroatoms. The number of carbonyl (C=O) groups is 1. The van der Waals surface area contributed by atoms with Crippen LogP contribution in [-0.2, 0) is 9.53 Å². The molecule has 1 aliphatic carbocycles. The van der Waals surface area contributed by atoms with Crippen molar-refractivity contribution in [1.29, 1.82) is 0 Å². The monoisotopic (exact) mass is 182 g/mol. The predicted molar refractivity (Wildman–Crippen MR) is 48.8 cm³/mol. The summed E-state index contributed by atoms with van der Waals surface area (Å²) in [5.41, 5.74) is 0. The third-order valence-corrected chi connectivity index (χ3v) is 3.15. The number of hydrogen-bond donors (Lipinski definition) is 0. The Morgan fingerprint density at radius 2 is 2.33 bits per heavy atom. The van der Waals surface area contributed by atoms with Crippen LogP contribution in [0.4, 0.5) is 0 Å². The second-order valence-electron chi connectivity index (χ2n) is 3.33. The average Bonchev–Trinajstić information content (AvgIpc) is 2.25. The summed E-state index contributed by atoms with van der Waals surface area (Å²) < 4.78 is 5.58. The van der Waals surface area contributed by atoms with Crippen LogP contribution in [-0.4, -0.2) is 16.0 Å². The topological polar surface area (TPSA) is 26.3 Å². The minimum absolute atomic E-state index is 0.0926. The van der Waals surface area contributed by atoms with Crippen molar-refractivity contribution in [2.45, 2.75) is 24.0 Å². The van der Waals surface area contributed by atoms with Crippen LogP contribution in [0.3, 0.4) is 0 Å². The van der Waals surface area contributed by atoms with Crippen molar-refractivity contribution in [2.75, 3.05) is 0 Å². The van der Waals surface area contributed by atoms with Gasteiger partial charge in [0.1, 0.15) is 15.9 Å². The molecule has 0 bridgehead atoms. The van der Waals surface area contributed by atoms with E-state index in [-0.39, 0.29) is 16.0 Å². The number of rotatable bonds is 0. The standard InChI is InChI=1S/C9H10O2S/c1-9(2)11-7-5-3-4-6(10)8(7)12-9/h3-5,8H,1-2H3. The molecule has 12 heavy (non-hydrogen) atoms. The normalized spacial score (nSPS) is 31.0. The highest BCUT2D eigenvalue weighted by atomic mass is 32.2. The van der Waals surface area contributed by atoms with Crippen molar-refractivity contribution in [3.63, 3.8) is 0 Å². The van der Waals surface area contributed by atoms with Crippen LogP contribution in [0.1, 0.15) is 13.8 Å². The summed E-state index contributed by atoms with van der Waals surface area (Å²) in [6, 6.07) is 0. The van der Waals surface area contributed by atoms with Crippen molar-refractivity contribution in [2.24, 2.45) is 0 Å². The lowest BCUT2D eigenvalue weighted by Gasteiger charge is -2.14. The van der Waals surface area contributed by atoms with Crippen LogP contribution in [0.25, 0.3) is 0 Å². The quantitative estimate of drug-likeness (QED) is 0.572. The van der Waals surface area contributed by atoms with Crippen molar-refractivity contribution >= 4 is 17.5 Å². The Kier molecular flexibility index (Phi) is 1.58. The highest BCUT2D eigenvalue weighted by Gasteiger charge is 2.41. The molecule has 0 aromatic rings. The molecule has 1 saturated heterocycles. The van der Waals surface area contributed by atoms with Gasteiger partial charge in [-0.1, -0.05) is 17.8 Å². The van der Waals surface area contributed by atoms with Crippen molar-refractivity contribution < 1.29 is 9.53 Å². The first-order valence-corrected chi connectivity index (χ1v) is 4.75. The number of ether oxygens (including phenoxy) is 1. The van der Waals surface area contributed by atoms with Crippen LogP contribution in [0.5, 0.6) is 0 Å². The van der Waals surface area contributed by atoms with Gasteiger partial charge < -0.3 is 4.74 Å². The number of thioether (sulfide) groups is 1. The Bertz CT molecular complexity index is 289. The second-order valence-corrected chi connectivity index (χ2v) is 5.02. The van der Waals surface area contributed by atoms with Crippen LogP contribution in [0.2, 0.25) is 0 Å². The first-order valence-electron chi connectivity index (χ1n) is 3.87. The zero-order chi connectivity index (χ0) is 8.77. The highest BCUT2D eigenvalue weighted by Crippen LogP contribution is 2.44. The Balaban J connectivity index is 2.31. The maximum atomic E-state index is 11.3. The summed E-state index contributed by atoms with van der Waals surface area (Å²) in [5, 5.41) is -0.0926. The molecule has 2 rings (SSSR count). The van der Waals surface area contributed by atoms with E-state index in [9.17, 15) is 4.79 Å². The van der Waals surface area contributed by atoms with E-state index < -0.39 is 0 Å². The molecule has 0 saturated carbocycles. The van der Waals surface area contributed by atoms with Crippen molar-refractivity contribution in [3.8, 4) is 0 Å².